The van der Waals surface area contributed by atoms with Gasteiger partial charge in [-0.1, -0.05) is 48.5 Å². The van der Waals surface area contributed by atoms with Crippen LogP contribution in [0.5, 0.6) is 0 Å². The maximum absolute atomic E-state index is 12.6. The summed E-state index contributed by atoms with van der Waals surface area (Å²) in [7, 11) is 3.24. The number of nitrogens with zero attached hydrogens (tertiary/aromatic N) is 2. The van der Waals surface area contributed by atoms with Gasteiger partial charge in [-0.2, -0.15) is 0 Å². The number of para-hydroxylation sites is 1. The summed E-state index contributed by atoms with van der Waals surface area (Å²) in [6, 6.07) is 20.3. The van der Waals surface area contributed by atoms with E-state index < -0.39 is 18.2 Å². The molecule has 2 N–H and O–H groups in total. The molecule has 1 aromatic heterocycles. The fourth-order valence-electron chi connectivity index (χ4n) is 5.00. The molecule has 2 heterocycles. The molecule has 0 saturated carbocycles. The molecule has 3 aromatic rings. The molecule has 1 aliphatic heterocycles. The summed E-state index contributed by atoms with van der Waals surface area (Å²) in [5, 5.41) is 23.0. The Bertz CT molecular complexity index is 1140. The Morgan fingerprint density at radius 2 is 1.82 bits per heavy atom. The van der Waals surface area contributed by atoms with Gasteiger partial charge in [0.05, 0.1) is 24.9 Å². The van der Waals surface area contributed by atoms with Crippen LogP contribution in [0, 0.1) is 11.8 Å². The number of ether oxygens (including phenoxy) is 1. The third-order valence-corrected chi connectivity index (χ3v) is 6.66. The molecule has 33 heavy (non-hydrogen) atoms. The molecule has 0 bridgehead atoms. The lowest BCUT2D eigenvalue weighted by Gasteiger charge is -2.38. The van der Waals surface area contributed by atoms with Gasteiger partial charge in [-0.05, 0) is 36.4 Å². The molecule has 2 unspecified atom stereocenters. The Morgan fingerprint density at radius 1 is 1.12 bits per heavy atom. The van der Waals surface area contributed by atoms with Crippen molar-refractivity contribution >= 4 is 16.9 Å². The van der Waals surface area contributed by atoms with Crippen molar-refractivity contribution in [2.24, 2.45) is 11.8 Å². The summed E-state index contributed by atoms with van der Waals surface area (Å²) in [6.07, 6.45) is 0.647. The van der Waals surface area contributed by atoms with E-state index in [4.69, 9.17) is 4.74 Å². The van der Waals surface area contributed by atoms with Gasteiger partial charge in [-0.3, -0.25) is 0 Å². The van der Waals surface area contributed by atoms with Crippen LogP contribution < -0.4 is 0 Å². The van der Waals surface area contributed by atoms with Gasteiger partial charge in [0.15, 0.2) is 0 Å². The summed E-state index contributed by atoms with van der Waals surface area (Å²) in [6.45, 7) is 2.97. The molecule has 6 nitrogen and oxygen atoms in total. The molecular formula is C27H32N2O4. The number of benzene rings is 2. The smallest absolute Gasteiger partial charge is 0.335 e. The lowest BCUT2D eigenvalue weighted by Crippen LogP contribution is -2.42. The first kappa shape index (κ1) is 23.1. The Labute approximate surface area is 194 Å². The van der Waals surface area contributed by atoms with Crippen molar-refractivity contribution in [1.82, 2.24) is 9.47 Å². The van der Waals surface area contributed by atoms with E-state index in [2.05, 4.69) is 22.8 Å². The van der Waals surface area contributed by atoms with Crippen LogP contribution in [0.25, 0.3) is 10.9 Å². The van der Waals surface area contributed by atoms with Crippen molar-refractivity contribution < 1.29 is 19.7 Å². The molecule has 4 atom stereocenters. The van der Waals surface area contributed by atoms with Crippen molar-refractivity contribution in [3.63, 3.8) is 0 Å². The molecule has 4 rings (SSSR count). The summed E-state index contributed by atoms with van der Waals surface area (Å²) < 4.78 is 7.17. The Kier molecular flexibility index (Phi) is 6.86. The van der Waals surface area contributed by atoms with Gasteiger partial charge in [-0.15, -0.1) is 0 Å². The number of carbonyl (C=O) groups is 1. The van der Waals surface area contributed by atoms with E-state index in [-0.39, 0.29) is 11.8 Å². The predicted octanol–water partition coefficient (Wildman–Crippen LogP) is 3.73. The van der Waals surface area contributed by atoms with Crippen molar-refractivity contribution in [3.05, 3.63) is 83.7 Å². The van der Waals surface area contributed by atoms with E-state index >= 15 is 0 Å². The number of aromatic nitrogens is 1. The Hall–Kier alpha value is -3.09. The van der Waals surface area contributed by atoms with Crippen molar-refractivity contribution in [2.75, 3.05) is 20.7 Å². The second kappa shape index (κ2) is 9.81. The number of carbonyl (C=O) groups excluding carboxylic acids is 1. The van der Waals surface area contributed by atoms with E-state index in [1.807, 2.05) is 54.4 Å². The van der Waals surface area contributed by atoms with Crippen LogP contribution >= 0.6 is 0 Å². The highest BCUT2D eigenvalue weighted by atomic mass is 16.5. The largest absolute Gasteiger partial charge is 0.466 e. The Morgan fingerprint density at radius 3 is 2.52 bits per heavy atom. The molecule has 174 valence electrons. The van der Waals surface area contributed by atoms with Crippen LogP contribution in [0.15, 0.2) is 72.4 Å². The van der Waals surface area contributed by atoms with Crippen LogP contribution in [0.3, 0.4) is 0 Å². The maximum Gasteiger partial charge on any atom is 0.335 e. The average Bonchev–Trinajstić information content (AvgIpc) is 3.18. The number of aliphatic hydroxyl groups excluding tert-OH is 2. The minimum absolute atomic E-state index is 0.198. The van der Waals surface area contributed by atoms with Crippen LogP contribution in [0.4, 0.5) is 0 Å². The van der Waals surface area contributed by atoms with Crippen LogP contribution in [0.1, 0.15) is 30.7 Å². The topological polar surface area (TPSA) is 74.9 Å². The Balaban J connectivity index is 1.71. The summed E-state index contributed by atoms with van der Waals surface area (Å²) in [4.78, 5) is 14.5. The molecule has 2 aromatic carbocycles. The number of hydrogen-bond acceptors (Lipinski definition) is 5. The number of rotatable bonds is 7. The number of fused-ring (bicyclic) bond motifs is 1. The second-order valence-corrected chi connectivity index (χ2v) is 8.98. The first-order chi connectivity index (χ1) is 15.9. The minimum Gasteiger partial charge on any atom is -0.466 e. The molecule has 0 radical (unpaired) electrons. The van der Waals surface area contributed by atoms with Gasteiger partial charge in [0.25, 0.3) is 0 Å². The first-order valence-electron chi connectivity index (χ1n) is 11.4. The molecular weight excluding hydrogens is 416 g/mol. The van der Waals surface area contributed by atoms with Gasteiger partial charge < -0.3 is 24.4 Å². The monoisotopic (exact) mass is 448 g/mol. The highest BCUT2D eigenvalue weighted by Gasteiger charge is 2.38. The highest BCUT2D eigenvalue weighted by molar-refractivity contribution is 5.89. The van der Waals surface area contributed by atoms with Crippen molar-refractivity contribution in [2.45, 2.75) is 32.1 Å². The van der Waals surface area contributed by atoms with Crippen molar-refractivity contribution in [3.8, 4) is 0 Å². The molecule has 0 aliphatic carbocycles. The van der Waals surface area contributed by atoms with Crippen LogP contribution in [-0.4, -0.2) is 52.5 Å². The zero-order chi connectivity index (χ0) is 23.5. The van der Waals surface area contributed by atoms with E-state index in [1.165, 1.54) is 7.11 Å². The molecule has 0 spiro atoms. The SMILES string of the molecule is COC(=O)C1=CN(C)C[C@@H](C(C)O)[C@H]1CC(O)c1cc2ccccc2n1Cc1ccccc1. The van der Waals surface area contributed by atoms with Crippen LogP contribution in [-0.2, 0) is 16.1 Å². The van der Waals surface area contributed by atoms with Crippen LogP contribution in [0.2, 0.25) is 0 Å². The third-order valence-electron chi connectivity index (χ3n) is 6.66. The fraction of sp³-hybridized carbons (Fsp3) is 0.370. The normalized spacial score (nSPS) is 20.4. The molecule has 6 heteroatoms. The maximum atomic E-state index is 12.6. The van der Waals surface area contributed by atoms with E-state index in [0.717, 1.165) is 22.2 Å². The molecule has 1 aliphatic rings. The second-order valence-electron chi connectivity index (χ2n) is 8.98. The number of esters is 1. The lowest BCUT2D eigenvalue weighted by atomic mass is 9.76. The molecule has 0 saturated heterocycles. The standard InChI is InChI=1S/C27H32N2O4/c1-18(30)22-16-28(2)17-23(27(32)33-3)21(22)14-26(31)25-13-20-11-7-8-12-24(20)29(25)15-19-9-5-4-6-10-19/h4-13,17-18,21-22,26,30-31H,14-16H2,1-3H3/t18?,21-,22+,26?/m1/s1. The lowest BCUT2D eigenvalue weighted by molar-refractivity contribution is -0.137. The number of hydrogen-bond donors (Lipinski definition) is 2. The first-order valence-corrected chi connectivity index (χ1v) is 11.4. The quantitative estimate of drug-likeness (QED) is 0.539. The molecule has 0 fully saturated rings. The minimum atomic E-state index is -0.816. The van der Waals surface area contributed by atoms with Gasteiger partial charge in [0.2, 0.25) is 0 Å². The summed E-state index contributed by atoms with van der Waals surface area (Å²) >= 11 is 0. The molecule has 0 amide bonds. The number of methoxy groups -OCH3 is 1. The van der Waals surface area contributed by atoms with Crippen molar-refractivity contribution in [1.29, 1.82) is 0 Å². The number of aliphatic hydroxyl groups is 2. The fourth-order valence-corrected chi connectivity index (χ4v) is 5.00. The van der Waals surface area contributed by atoms with Gasteiger partial charge in [0.1, 0.15) is 0 Å². The third kappa shape index (κ3) is 4.82. The predicted molar refractivity (Wildman–Crippen MR) is 128 cm³/mol. The van der Waals surface area contributed by atoms with Gasteiger partial charge in [-0.25, -0.2) is 4.79 Å². The summed E-state index contributed by atoms with van der Waals surface area (Å²) in [5.74, 6) is -0.947. The zero-order valence-corrected chi connectivity index (χ0v) is 19.4. The van der Waals surface area contributed by atoms with E-state index in [1.54, 1.807) is 13.1 Å². The zero-order valence-electron chi connectivity index (χ0n) is 19.4. The highest BCUT2D eigenvalue weighted by Crippen LogP contribution is 2.38. The summed E-state index contributed by atoms with van der Waals surface area (Å²) in [5.41, 5.74) is 3.48. The van der Waals surface area contributed by atoms with Gasteiger partial charge in [0, 0.05) is 49.4 Å². The van der Waals surface area contributed by atoms with Gasteiger partial charge >= 0.3 is 5.97 Å². The van der Waals surface area contributed by atoms with E-state index in [0.29, 0.717) is 25.1 Å². The van der Waals surface area contributed by atoms with E-state index in [9.17, 15) is 15.0 Å². The average molecular weight is 449 g/mol.